The number of rotatable bonds is 14. The molecule has 1 saturated heterocycles. The first kappa shape index (κ1) is 28.5. The normalized spacial score (nSPS) is 20.3. The maximum atomic E-state index is 13.2. The number of carbonyl (C=O) groups excluding carboxylic acids is 1. The Morgan fingerprint density at radius 3 is 2.49 bits per heavy atom. The zero-order valence-corrected chi connectivity index (χ0v) is 23.1. The SMILES string of the molecule is CCCC(CCC)NC(=O)CN1C[C@H](c2ccc3c(c2)OCO3)[C@@H](C(=O)O)[C@@H]1CCOc1ccccc1OC. The van der Waals surface area contributed by atoms with Crippen LogP contribution in [0.25, 0.3) is 0 Å². The summed E-state index contributed by atoms with van der Waals surface area (Å²) in [5.74, 6) is 0.482. The highest BCUT2D eigenvalue weighted by molar-refractivity contribution is 5.79. The van der Waals surface area contributed by atoms with E-state index in [0.717, 1.165) is 31.2 Å². The van der Waals surface area contributed by atoms with Crippen molar-refractivity contribution in [3.05, 3.63) is 48.0 Å². The fraction of sp³-hybridized carbons (Fsp3) is 0.533. The van der Waals surface area contributed by atoms with Crippen LogP contribution in [0.2, 0.25) is 0 Å². The molecule has 9 heteroatoms. The maximum absolute atomic E-state index is 13.2. The lowest BCUT2D eigenvalue weighted by atomic mass is 9.84. The molecule has 0 saturated carbocycles. The van der Waals surface area contributed by atoms with E-state index in [2.05, 4.69) is 19.2 Å². The van der Waals surface area contributed by atoms with Crippen molar-refractivity contribution in [2.45, 2.75) is 64.0 Å². The number of benzene rings is 2. The van der Waals surface area contributed by atoms with E-state index in [4.69, 9.17) is 18.9 Å². The second-order valence-electron chi connectivity index (χ2n) is 10.2. The van der Waals surface area contributed by atoms with Crippen molar-refractivity contribution in [3.8, 4) is 23.0 Å². The Bertz CT molecular complexity index is 1120. The second kappa shape index (κ2) is 13.6. The van der Waals surface area contributed by atoms with Crippen LogP contribution in [0.1, 0.15) is 57.4 Å². The number of hydrogen-bond acceptors (Lipinski definition) is 7. The summed E-state index contributed by atoms with van der Waals surface area (Å²) in [6.45, 7) is 5.23. The third kappa shape index (κ3) is 6.95. The molecule has 0 aromatic heterocycles. The van der Waals surface area contributed by atoms with Crippen molar-refractivity contribution >= 4 is 11.9 Å². The standard InChI is InChI=1S/C30H40N2O7/c1-4-8-21(9-5-2)31-28(33)18-32-17-22(20-12-13-26-27(16-20)39-19-38-26)29(30(34)35)23(32)14-15-37-25-11-7-6-10-24(25)36-3/h6-7,10-13,16,21-23,29H,4-5,8-9,14-15,17-19H2,1-3H3,(H,31,33)(H,34,35)/t22-,23+,29-/m1/s1. The lowest BCUT2D eigenvalue weighted by Gasteiger charge is -2.27. The number of methoxy groups -OCH3 is 1. The molecule has 1 amide bonds. The van der Waals surface area contributed by atoms with E-state index in [9.17, 15) is 14.7 Å². The monoisotopic (exact) mass is 540 g/mol. The van der Waals surface area contributed by atoms with Crippen LogP contribution < -0.4 is 24.3 Å². The summed E-state index contributed by atoms with van der Waals surface area (Å²) in [4.78, 5) is 27.9. The number of ether oxygens (including phenoxy) is 4. The van der Waals surface area contributed by atoms with Gasteiger partial charge in [-0.1, -0.05) is 44.9 Å². The Morgan fingerprint density at radius 2 is 1.79 bits per heavy atom. The maximum Gasteiger partial charge on any atom is 0.308 e. The van der Waals surface area contributed by atoms with Gasteiger partial charge in [0.15, 0.2) is 23.0 Å². The van der Waals surface area contributed by atoms with Crippen molar-refractivity contribution < 1.29 is 33.6 Å². The number of carboxylic acids is 1. The Morgan fingerprint density at radius 1 is 1.08 bits per heavy atom. The van der Waals surface area contributed by atoms with Crippen LogP contribution >= 0.6 is 0 Å². The summed E-state index contributed by atoms with van der Waals surface area (Å²) in [5.41, 5.74) is 0.861. The smallest absolute Gasteiger partial charge is 0.308 e. The quantitative estimate of drug-likeness (QED) is 0.362. The van der Waals surface area contributed by atoms with Crippen molar-refractivity contribution in [1.82, 2.24) is 10.2 Å². The summed E-state index contributed by atoms with van der Waals surface area (Å²) < 4.78 is 22.4. The minimum absolute atomic E-state index is 0.0759. The fourth-order valence-electron chi connectivity index (χ4n) is 5.81. The molecule has 2 aliphatic heterocycles. The van der Waals surface area contributed by atoms with Gasteiger partial charge in [-0.2, -0.15) is 0 Å². The molecule has 0 bridgehead atoms. The predicted molar refractivity (Wildman–Crippen MR) is 147 cm³/mol. The average molecular weight is 541 g/mol. The van der Waals surface area contributed by atoms with Crippen molar-refractivity contribution in [3.63, 3.8) is 0 Å². The number of carbonyl (C=O) groups is 2. The topological polar surface area (TPSA) is 107 Å². The Hall–Kier alpha value is -3.46. The zero-order chi connectivity index (χ0) is 27.8. The van der Waals surface area contributed by atoms with E-state index < -0.39 is 17.9 Å². The van der Waals surface area contributed by atoms with E-state index in [0.29, 0.717) is 36.0 Å². The zero-order valence-electron chi connectivity index (χ0n) is 23.1. The largest absolute Gasteiger partial charge is 0.493 e. The summed E-state index contributed by atoms with van der Waals surface area (Å²) in [6.07, 6.45) is 4.27. The number of likely N-dealkylation sites (tertiary alicyclic amines) is 1. The van der Waals surface area contributed by atoms with E-state index in [1.54, 1.807) is 7.11 Å². The molecule has 0 radical (unpaired) electrons. The molecule has 0 spiro atoms. The van der Waals surface area contributed by atoms with Gasteiger partial charge in [-0.25, -0.2) is 0 Å². The molecule has 0 aliphatic carbocycles. The summed E-state index contributed by atoms with van der Waals surface area (Å²) in [6, 6.07) is 12.7. The molecule has 3 atom stereocenters. The van der Waals surface area contributed by atoms with Gasteiger partial charge >= 0.3 is 5.97 Å². The number of amides is 1. The molecule has 1 fully saturated rings. The Balaban J connectivity index is 1.54. The van der Waals surface area contributed by atoms with Gasteiger partial charge < -0.3 is 29.4 Å². The minimum Gasteiger partial charge on any atom is -0.493 e. The number of para-hydroxylation sites is 2. The predicted octanol–water partition coefficient (Wildman–Crippen LogP) is 4.45. The molecule has 2 aliphatic rings. The highest BCUT2D eigenvalue weighted by Crippen LogP contribution is 2.42. The summed E-state index contributed by atoms with van der Waals surface area (Å²) in [5, 5.41) is 13.6. The number of hydrogen-bond donors (Lipinski definition) is 2. The molecule has 2 N–H and O–H groups in total. The molecule has 4 rings (SSSR count). The van der Waals surface area contributed by atoms with Crippen molar-refractivity contribution in [2.75, 3.05) is 33.6 Å². The molecular formula is C30H40N2O7. The van der Waals surface area contributed by atoms with Crippen LogP contribution in [0.4, 0.5) is 0 Å². The van der Waals surface area contributed by atoms with Gasteiger partial charge in [0, 0.05) is 24.5 Å². The number of fused-ring (bicyclic) bond motifs is 1. The first-order chi connectivity index (χ1) is 18.9. The fourth-order valence-corrected chi connectivity index (χ4v) is 5.81. The number of nitrogens with one attached hydrogen (secondary N) is 1. The van der Waals surface area contributed by atoms with Crippen LogP contribution in [0.5, 0.6) is 23.0 Å². The van der Waals surface area contributed by atoms with Crippen LogP contribution in [0, 0.1) is 5.92 Å². The molecular weight excluding hydrogens is 500 g/mol. The first-order valence-corrected chi connectivity index (χ1v) is 13.9. The van der Waals surface area contributed by atoms with Gasteiger partial charge in [0.05, 0.1) is 26.2 Å². The van der Waals surface area contributed by atoms with Gasteiger partial charge in [0.25, 0.3) is 0 Å². The van der Waals surface area contributed by atoms with E-state index >= 15 is 0 Å². The lowest BCUT2D eigenvalue weighted by molar-refractivity contribution is -0.143. The molecule has 212 valence electrons. The van der Waals surface area contributed by atoms with E-state index in [-0.39, 0.29) is 37.8 Å². The summed E-state index contributed by atoms with van der Waals surface area (Å²) >= 11 is 0. The summed E-state index contributed by atoms with van der Waals surface area (Å²) in [7, 11) is 1.58. The number of aliphatic carboxylic acids is 1. The molecule has 2 heterocycles. The highest BCUT2D eigenvalue weighted by atomic mass is 16.7. The number of carboxylic acid groups (broad SMARTS) is 1. The van der Waals surface area contributed by atoms with Crippen molar-refractivity contribution in [2.24, 2.45) is 5.92 Å². The van der Waals surface area contributed by atoms with Gasteiger partial charge in [-0.3, -0.25) is 14.5 Å². The van der Waals surface area contributed by atoms with Crippen molar-refractivity contribution in [1.29, 1.82) is 0 Å². The van der Waals surface area contributed by atoms with Crippen LogP contribution in [-0.2, 0) is 9.59 Å². The van der Waals surface area contributed by atoms with Crippen LogP contribution in [0.15, 0.2) is 42.5 Å². The Kier molecular flexibility index (Phi) is 9.92. The van der Waals surface area contributed by atoms with Crippen LogP contribution in [0.3, 0.4) is 0 Å². The average Bonchev–Trinajstić information content (AvgIpc) is 3.53. The first-order valence-electron chi connectivity index (χ1n) is 13.9. The third-order valence-corrected chi connectivity index (χ3v) is 7.58. The van der Waals surface area contributed by atoms with E-state index in [1.807, 2.05) is 47.4 Å². The lowest BCUT2D eigenvalue weighted by Crippen LogP contribution is -2.45. The van der Waals surface area contributed by atoms with Gasteiger partial charge in [-0.15, -0.1) is 0 Å². The minimum atomic E-state index is -0.891. The van der Waals surface area contributed by atoms with Gasteiger partial charge in [0.2, 0.25) is 12.7 Å². The van der Waals surface area contributed by atoms with Gasteiger partial charge in [-0.05, 0) is 49.1 Å². The Labute approximate surface area is 230 Å². The highest BCUT2D eigenvalue weighted by Gasteiger charge is 2.47. The number of nitrogens with zero attached hydrogens (tertiary/aromatic N) is 1. The van der Waals surface area contributed by atoms with Crippen LogP contribution in [-0.4, -0.2) is 67.6 Å². The molecule has 39 heavy (non-hydrogen) atoms. The molecule has 0 unspecified atom stereocenters. The third-order valence-electron chi connectivity index (χ3n) is 7.58. The molecule has 2 aromatic carbocycles. The molecule has 2 aromatic rings. The molecule has 9 nitrogen and oxygen atoms in total. The van der Waals surface area contributed by atoms with E-state index in [1.165, 1.54) is 0 Å². The second-order valence-corrected chi connectivity index (χ2v) is 10.2. The van der Waals surface area contributed by atoms with Gasteiger partial charge in [0.1, 0.15) is 0 Å².